The van der Waals surface area contributed by atoms with E-state index in [2.05, 4.69) is 52.0 Å². The summed E-state index contributed by atoms with van der Waals surface area (Å²) in [7, 11) is 3.38. The van der Waals surface area contributed by atoms with Crippen molar-refractivity contribution in [1.82, 2.24) is 0 Å². The van der Waals surface area contributed by atoms with Gasteiger partial charge >= 0.3 is 0 Å². The van der Waals surface area contributed by atoms with Crippen molar-refractivity contribution in [2.75, 3.05) is 14.2 Å². The van der Waals surface area contributed by atoms with Gasteiger partial charge in [-0.15, -0.1) is 0 Å². The lowest BCUT2D eigenvalue weighted by atomic mass is 9.80. The molecule has 0 saturated carbocycles. The van der Waals surface area contributed by atoms with Crippen molar-refractivity contribution in [3.8, 4) is 17.2 Å². The highest BCUT2D eigenvalue weighted by Gasteiger charge is 2.42. The number of rotatable bonds is 3. The third kappa shape index (κ3) is 2.88. The van der Waals surface area contributed by atoms with Gasteiger partial charge in [-0.1, -0.05) is 30.3 Å². The smallest absolute Gasteiger partial charge is 0.203 e. The standard InChI is InChI=1S/C23H27NO3/c1-22(2)12-15-17(18(24-22)14-10-8-7-9-11-14)16-13-23(3,4)27-20(16)21(26-6)19(15)25-5/h7-11H,12-13H2,1-6H3. The summed E-state index contributed by atoms with van der Waals surface area (Å²) in [6.07, 6.45) is 1.61. The van der Waals surface area contributed by atoms with Gasteiger partial charge in [0.25, 0.3) is 0 Å². The fourth-order valence-corrected chi connectivity index (χ4v) is 4.29. The molecule has 0 fully saturated rings. The molecule has 0 atom stereocenters. The molecule has 27 heavy (non-hydrogen) atoms. The second-order valence-corrected chi connectivity index (χ2v) is 8.58. The molecule has 0 aliphatic carbocycles. The van der Waals surface area contributed by atoms with E-state index in [1.54, 1.807) is 14.2 Å². The molecule has 2 aromatic rings. The van der Waals surface area contributed by atoms with Crippen LogP contribution in [0, 0.1) is 0 Å². The summed E-state index contributed by atoms with van der Waals surface area (Å²) in [6.45, 7) is 8.55. The number of methoxy groups -OCH3 is 2. The Hall–Kier alpha value is -2.49. The van der Waals surface area contributed by atoms with Crippen molar-refractivity contribution in [2.45, 2.75) is 51.7 Å². The molecule has 4 heteroatoms. The number of fused-ring (bicyclic) bond motifs is 3. The van der Waals surface area contributed by atoms with E-state index in [4.69, 9.17) is 19.2 Å². The van der Waals surface area contributed by atoms with Crippen LogP contribution in [0.1, 0.15) is 49.9 Å². The first kappa shape index (κ1) is 17.9. The first-order valence-electron chi connectivity index (χ1n) is 9.41. The lowest BCUT2D eigenvalue weighted by Gasteiger charge is -2.32. The van der Waals surface area contributed by atoms with Crippen molar-refractivity contribution in [1.29, 1.82) is 0 Å². The largest absolute Gasteiger partial charge is 0.492 e. The zero-order valence-electron chi connectivity index (χ0n) is 17.0. The van der Waals surface area contributed by atoms with Gasteiger partial charge in [0.15, 0.2) is 11.5 Å². The van der Waals surface area contributed by atoms with E-state index in [9.17, 15) is 0 Å². The summed E-state index contributed by atoms with van der Waals surface area (Å²) < 4.78 is 17.9. The maximum atomic E-state index is 6.30. The van der Waals surface area contributed by atoms with Crippen LogP contribution >= 0.6 is 0 Å². The number of ether oxygens (including phenoxy) is 3. The minimum absolute atomic E-state index is 0.223. The van der Waals surface area contributed by atoms with E-state index in [-0.39, 0.29) is 11.1 Å². The predicted molar refractivity (Wildman–Crippen MR) is 108 cm³/mol. The molecule has 0 radical (unpaired) electrons. The van der Waals surface area contributed by atoms with Crippen LogP contribution in [-0.2, 0) is 12.8 Å². The highest BCUT2D eigenvalue weighted by atomic mass is 16.5. The third-order valence-electron chi connectivity index (χ3n) is 5.26. The Bertz CT molecular complexity index is 927. The van der Waals surface area contributed by atoms with E-state index in [1.165, 1.54) is 5.56 Å². The summed E-state index contributed by atoms with van der Waals surface area (Å²) in [6, 6.07) is 10.4. The highest BCUT2D eigenvalue weighted by Crippen LogP contribution is 2.53. The van der Waals surface area contributed by atoms with Gasteiger partial charge in [0.1, 0.15) is 5.60 Å². The Balaban J connectivity index is 2.07. The van der Waals surface area contributed by atoms with Crippen molar-refractivity contribution in [2.24, 2.45) is 4.99 Å². The molecule has 0 unspecified atom stereocenters. The Morgan fingerprint density at radius 3 is 2.19 bits per heavy atom. The molecular formula is C23H27NO3. The molecule has 0 aromatic heterocycles. The number of nitrogens with zero attached hydrogens (tertiary/aromatic N) is 1. The average Bonchev–Trinajstić information content (AvgIpc) is 2.94. The summed E-state index contributed by atoms with van der Waals surface area (Å²) in [5.74, 6) is 2.25. The summed E-state index contributed by atoms with van der Waals surface area (Å²) in [5.41, 5.74) is 5.10. The summed E-state index contributed by atoms with van der Waals surface area (Å²) in [5, 5.41) is 0. The molecule has 0 spiro atoms. The maximum absolute atomic E-state index is 6.30. The Morgan fingerprint density at radius 1 is 0.889 bits per heavy atom. The average molecular weight is 365 g/mol. The van der Waals surface area contributed by atoms with Crippen LogP contribution in [0.2, 0.25) is 0 Å². The van der Waals surface area contributed by atoms with Crippen molar-refractivity contribution in [3.05, 3.63) is 52.6 Å². The molecular weight excluding hydrogens is 338 g/mol. The highest BCUT2D eigenvalue weighted by molar-refractivity contribution is 6.16. The van der Waals surface area contributed by atoms with Gasteiger partial charge in [0, 0.05) is 35.1 Å². The number of aliphatic imine (C=N–C) groups is 1. The fourth-order valence-electron chi connectivity index (χ4n) is 4.29. The van der Waals surface area contributed by atoms with Gasteiger partial charge in [-0.05, 0) is 27.7 Å². The van der Waals surface area contributed by atoms with E-state index in [0.29, 0.717) is 5.75 Å². The van der Waals surface area contributed by atoms with Crippen LogP contribution in [-0.4, -0.2) is 31.1 Å². The van der Waals surface area contributed by atoms with Crippen molar-refractivity contribution >= 4 is 5.71 Å². The number of hydrogen-bond donors (Lipinski definition) is 0. The van der Waals surface area contributed by atoms with Crippen LogP contribution in [0.4, 0.5) is 0 Å². The van der Waals surface area contributed by atoms with E-state index in [0.717, 1.165) is 46.7 Å². The minimum Gasteiger partial charge on any atom is -0.492 e. The number of hydrogen-bond acceptors (Lipinski definition) is 4. The van der Waals surface area contributed by atoms with Gasteiger partial charge in [-0.25, -0.2) is 0 Å². The molecule has 0 amide bonds. The Labute approximate surface area is 161 Å². The third-order valence-corrected chi connectivity index (χ3v) is 5.26. The zero-order valence-corrected chi connectivity index (χ0v) is 17.0. The van der Waals surface area contributed by atoms with Crippen molar-refractivity contribution in [3.63, 3.8) is 0 Å². The number of benzene rings is 2. The molecule has 2 aliphatic rings. The molecule has 0 bridgehead atoms. The second-order valence-electron chi connectivity index (χ2n) is 8.58. The lowest BCUT2D eigenvalue weighted by molar-refractivity contribution is 0.133. The first-order valence-corrected chi connectivity index (χ1v) is 9.41. The van der Waals surface area contributed by atoms with Gasteiger partial charge in [0.2, 0.25) is 5.75 Å². The molecule has 4 rings (SSSR count). The van der Waals surface area contributed by atoms with E-state index < -0.39 is 0 Å². The molecule has 4 nitrogen and oxygen atoms in total. The SMILES string of the molecule is COc1c2c(c3c(c1OC)OC(C)(C)C3)C(c1ccccc1)=NC(C)(C)C2. The van der Waals surface area contributed by atoms with Crippen molar-refractivity contribution < 1.29 is 14.2 Å². The van der Waals surface area contributed by atoms with Crippen LogP contribution in [0.25, 0.3) is 0 Å². The quantitative estimate of drug-likeness (QED) is 0.799. The minimum atomic E-state index is -0.287. The molecule has 142 valence electrons. The van der Waals surface area contributed by atoms with Gasteiger partial charge < -0.3 is 14.2 Å². The lowest BCUT2D eigenvalue weighted by Crippen LogP contribution is -2.31. The maximum Gasteiger partial charge on any atom is 0.203 e. The van der Waals surface area contributed by atoms with Crippen LogP contribution < -0.4 is 14.2 Å². The normalized spacial score (nSPS) is 18.8. The summed E-state index contributed by atoms with van der Waals surface area (Å²) in [4.78, 5) is 5.15. The summed E-state index contributed by atoms with van der Waals surface area (Å²) >= 11 is 0. The Morgan fingerprint density at radius 2 is 1.56 bits per heavy atom. The monoisotopic (exact) mass is 365 g/mol. The van der Waals surface area contributed by atoms with Gasteiger partial charge in [-0.3, -0.25) is 4.99 Å². The molecule has 2 aromatic carbocycles. The molecule has 0 N–H and O–H groups in total. The second kappa shape index (κ2) is 6.01. The molecule has 0 saturated heterocycles. The van der Waals surface area contributed by atoms with E-state index in [1.807, 2.05) is 6.07 Å². The molecule has 2 aliphatic heterocycles. The topological polar surface area (TPSA) is 40.0 Å². The van der Waals surface area contributed by atoms with Crippen LogP contribution in [0.3, 0.4) is 0 Å². The van der Waals surface area contributed by atoms with Gasteiger partial charge in [0.05, 0.1) is 25.5 Å². The zero-order chi connectivity index (χ0) is 19.4. The van der Waals surface area contributed by atoms with E-state index >= 15 is 0 Å². The van der Waals surface area contributed by atoms with Crippen LogP contribution in [0.5, 0.6) is 17.2 Å². The predicted octanol–water partition coefficient (Wildman–Crippen LogP) is 4.59. The Kier molecular flexibility index (Phi) is 3.99. The van der Waals surface area contributed by atoms with Crippen LogP contribution in [0.15, 0.2) is 35.3 Å². The molecule has 2 heterocycles. The van der Waals surface area contributed by atoms with Gasteiger partial charge in [-0.2, -0.15) is 0 Å². The first-order chi connectivity index (χ1) is 12.8. The fraction of sp³-hybridized carbons (Fsp3) is 0.435.